The molecule has 0 unspecified atom stereocenters. The first-order valence-electron chi connectivity index (χ1n) is 2.97. The summed E-state index contributed by atoms with van der Waals surface area (Å²) in [6.07, 6.45) is 1.09. The molecule has 0 saturated carbocycles. The van der Waals surface area contributed by atoms with Gasteiger partial charge in [-0.05, 0) is 12.1 Å². The molecule has 0 aromatic heterocycles. The van der Waals surface area contributed by atoms with Crippen LogP contribution in [0, 0.1) is 0 Å². The quantitative estimate of drug-likeness (QED) is 0.586. The van der Waals surface area contributed by atoms with Gasteiger partial charge in [-0.15, -0.1) is 0 Å². The van der Waals surface area contributed by atoms with E-state index in [4.69, 9.17) is 10.2 Å². The van der Waals surface area contributed by atoms with Crippen LogP contribution in [0.1, 0.15) is 5.56 Å². The van der Waals surface area contributed by atoms with Crippen LogP contribution in [-0.4, -0.2) is 16.2 Å². The van der Waals surface area contributed by atoms with Crippen molar-refractivity contribution in [1.82, 2.24) is 0 Å². The smallest absolute Gasteiger partial charge is 0.127 e. The Balaban J connectivity index is 3.19. The lowest BCUT2D eigenvalue weighted by atomic mass is 10.2. The molecule has 0 atom stereocenters. The SMILES string of the molecule is O=C=Cc1ccc(O)cc1O. The van der Waals surface area contributed by atoms with E-state index in [9.17, 15) is 4.79 Å². The molecule has 0 saturated heterocycles. The molecule has 2 N–H and O–H groups in total. The molecule has 0 radical (unpaired) electrons. The minimum atomic E-state index is -0.131. The average molecular weight is 150 g/mol. The molecule has 0 aliphatic carbocycles. The van der Waals surface area contributed by atoms with Crippen molar-refractivity contribution in [3.05, 3.63) is 23.8 Å². The van der Waals surface area contributed by atoms with Gasteiger partial charge in [-0.3, -0.25) is 0 Å². The first-order valence-corrected chi connectivity index (χ1v) is 2.97. The average Bonchev–Trinajstić information content (AvgIpc) is 1.95. The van der Waals surface area contributed by atoms with Crippen molar-refractivity contribution >= 4 is 12.0 Å². The van der Waals surface area contributed by atoms with E-state index in [0.29, 0.717) is 5.56 Å². The molecule has 0 aliphatic heterocycles. The van der Waals surface area contributed by atoms with Crippen LogP contribution in [0.5, 0.6) is 11.5 Å². The van der Waals surface area contributed by atoms with Crippen LogP contribution in [0.25, 0.3) is 6.08 Å². The fourth-order valence-corrected chi connectivity index (χ4v) is 0.718. The van der Waals surface area contributed by atoms with Gasteiger partial charge in [-0.25, -0.2) is 4.79 Å². The van der Waals surface area contributed by atoms with Gasteiger partial charge in [0.2, 0.25) is 0 Å². The van der Waals surface area contributed by atoms with Crippen molar-refractivity contribution in [2.24, 2.45) is 0 Å². The van der Waals surface area contributed by atoms with Gasteiger partial charge in [-0.2, -0.15) is 0 Å². The first-order chi connectivity index (χ1) is 5.24. The maximum atomic E-state index is 9.86. The Morgan fingerprint density at radius 2 is 2.09 bits per heavy atom. The van der Waals surface area contributed by atoms with Gasteiger partial charge in [0.25, 0.3) is 0 Å². The Morgan fingerprint density at radius 1 is 1.36 bits per heavy atom. The highest BCUT2D eigenvalue weighted by molar-refractivity contribution is 5.77. The third-order valence-corrected chi connectivity index (χ3v) is 1.23. The number of aromatic hydroxyl groups is 2. The normalized spacial score (nSPS) is 8.73. The predicted molar refractivity (Wildman–Crippen MR) is 39.9 cm³/mol. The lowest BCUT2D eigenvalue weighted by Gasteiger charge is -1.96. The summed E-state index contributed by atoms with van der Waals surface area (Å²) in [5, 5.41) is 17.9. The van der Waals surface area contributed by atoms with Crippen LogP contribution in [-0.2, 0) is 4.79 Å². The van der Waals surface area contributed by atoms with E-state index >= 15 is 0 Å². The molecular weight excluding hydrogens is 144 g/mol. The van der Waals surface area contributed by atoms with E-state index in [1.54, 1.807) is 0 Å². The minimum Gasteiger partial charge on any atom is -0.508 e. The van der Waals surface area contributed by atoms with Crippen LogP contribution in [0.2, 0.25) is 0 Å². The van der Waals surface area contributed by atoms with Crippen LogP contribution >= 0.6 is 0 Å². The summed E-state index contributed by atoms with van der Waals surface area (Å²) in [7, 11) is 0. The fraction of sp³-hybridized carbons (Fsp3) is 0. The van der Waals surface area contributed by atoms with E-state index < -0.39 is 0 Å². The second-order valence-corrected chi connectivity index (χ2v) is 2.01. The third-order valence-electron chi connectivity index (χ3n) is 1.23. The zero-order chi connectivity index (χ0) is 8.27. The van der Waals surface area contributed by atoms with E-state index in [0.717, 1.165) is 12.1 Å². The summed E-state index contributed by atoms with van der Waals surface area (Å²) in [4.78, 5) is 9.86. The zero-order valence-electron chi connectivity index (χ0n) is 5.61. The summed E-state index contributed by atoms with van der Waals surface area (Å²) in [5.74, 6) is 1.36. The molecule has 11 heavy (non-hydrogen) atoms. The van der Waals surface area contributed by atoms with Gasteiger partial charge in [0, 0.05) is 17.7 Å². The standard InChI is InChI=1S/C8H6O3/c9-4-3-6-1-2-7(10)5-8(6)11/h1-3,5,10-11H. The summed E-state index contributed by atoms with van der Waals surface area (Å²) >= 11 is 0. The summed E-state index contributed by atoms with van der Waals surface area (Å²) in [6.45, 7) is 0. The number of phenols is 2. The molecule has 0 aliphatic rings. The van der Waals surface area contributed by atoms with Gasteiger partial charge >= 0.3 is 0 Å². The molecule has 3 nitrogen and oxygen atoms in total. The molecule has 1 aromatic rings. The highest BCUT2D eigenvalue weighted by atomic mass is 16.3. The molecule has 1 rings (SSSR count). The monoisotopic (exact) mass is 150 g/mol. The maximum absolute atomic E-state index is 9.86. The summed E-state index contributed by atoms with van der Waals surface area (Å²) < 4.78 is 0. The molecule has 0 spiro atoms. The number of hydrogen-bond donors (Lipinski definition) is 2. The van der Waals surface area contributed by atoms with Gasteiger partial charge in [0.1, 0.15) is 17.4 Å². The first kappa shape index (κ1) is 7.38. The number of phenolic OH excluding ortho intramolecular Hbond substituents is 2. The molecule has 0 amide bonds. The van der Waals surface area contributed by atoms with Crippen molar-refractivity contribution in [2.45, 2.75) is 0 Å². The van der Waals surface area contributed by atoms with E-state index in [1.165, 1.54) is 18.1 Å². The largest absolute Gasteiger partial charge is 0.508 e. The fourth-order valence-electron chi connectivity index (χ4n) is 0.718. The highest BCUT2D eigenvalue weighted by Gasteiger charge is 1.97. The molecule has 3 heteroatoms. The Kier molecular flexibility index (Phi) is 1.95. The molecule has 0 fully saturated rings. The summed E-state index contributed by atoms with van der Waals surface area (Å²) in [5.41, 5.74) is 0.345. The van der Waals surface area contributed by atoms with E-state index in [1.807, 2.05) is 0 Å². The number of hydrogen-bond acceptors (Lipinski definition) is 3. The van der Waals surface area contributed by atoms with E-state index in [-0.39, 0.29) is 11.5 Å². The minimum absolute atomic E-state index is 0.0365. The number of benzene rings is 1. The second kappa shape index (κ2) is 2.90. The third kappa shape index (κ3) is 1.60. The predicted octanol–water partition coefficient (Wildman–Crippen LogP) is 0.943. The van der Waals surface area contributed by atoms with Gasteiger partial charge < -0.3 is 10.2 Å². The van der Waals surface area contributed by atoms with Crippen molar-refractivity contribution in [1.29, 1.82) is 0 Å². The topological polar surface area (TPSA) is 57.5 Å². The lowest BCUT2D eigenvalue weighted by Crippen LogP contribution is -1.73. The van der Waals surface area contributed by atoms with E-state index in [2.05, 4.69) is 0 Å². The number of carbonyl (C=O) groups excluding carboxylic acids is 1. The van der Waals surface area contributed by atoms with Crippen molar-refractivity contribution < 1.29 is 15.0 Å². The molecule has 0 bridgehead atoms. The Labute approximate surface area is 63.2 Å². The van der Waals surface area contributed by atoms with Crippen LogP contribution < -0.4 is 0 Å². The Morgan fingerprint density at radius 3 is 2.64 bits per heavy atom. The van der Waals surface area contributed by atoms with Crippen LogP contribution in [0.4, 0.5) is 0 Å². The Hall–Kier alpha value is -1.73. The number of rotatable bonds is 1. The van der Waals surface area contributed by atoms with Gasteiger partial charge in [0.15, 0.2) is 0 Å². The van der Waals surface area contributed by atoms with Crippen molar-refractivity contribution in [3.63, 3.8) is 0 Å². The molecule has 56 valence electrons. The van der Waals surface area contributed by atoms with Crippen molar-refractivity contribution in [2.75, 3.05) is 0 Å². The van der Waals surface area contributed by atoms with Gasteiger partial charge in [0.05, 0.1) is 0 Å². The lowest BCUT2D eigenvalue weighted by molar-refractivity contribution is 0.450. The van der Waals surface area contributed by atoms with Crippen LogP contribution in [0.3, 0.4) is 0 Å². The second-order valence-electron chi connectivity index (χ2n) is 2.01. The van der Waals surface area contributed by atoms with Crippen LogP contribution in [0.15, 0.2) is 18.2 Å². The maximum Gasteiger partial charge on any atom is 0.127 e. The summed E-state index contributed by atoms with van der Waals surface area (Å²) in [6, 6.07) is 3.96. The highest BCUT2D eigenvalue weighted by Crippen LogP contribution is 2.22. The molecular formula is C8H6O3. The molecule has 1 aromatic carbocycles. The Bertz CT molecular complexity index is 311. The van der Waals surface area contributed by atoms with Gasteiger partial charge in [-0.1, -0.05) is 0 Å². The molecule has 0 heterocycles. The zero-order valence-corrected chi connectivity index (χ0v) is 5.61. The van der Waals surface area contributed by atoms with Crippen molar-refractivity contribution in [3.8, 4) is 11.5 Å².